The van der Waals surface area contributed by atoms with Crippen LogP contribution >= 0.6 is 0 Å². The Labute approximate surface area is 126 Å². The number of likely N-dealkylation sites (N-methyl/N-ethyl adjacent to an activating group) is 1. The molecule has 4 heteroatoms. The first kappa shape index (κ1) is 16.4. The molecular formula is C17H26F2N2. The van der Waals surface area contributed by atoms with Gasteiger partial charge in [0.1, 0.15) is 11.6 Å². The third-order valence-electron chi connectivity index (χ3n) is 4.78. The molecule has 1 aliphatic rings. The van der Waals surface area contributed by atoms with E-state index in [9.17, 15) is 8.78 Å². The van der Waals surface area contributed by atoms with Crippen molar-refractivity contribution < 1.29 is 8.78 Å². The fraction of sp³-hybridized carbons (Fsp3) is 0.647. The van der Waals surface area contributed by atoms with Crippen LogP contribution in [0.15, 0.2) is 18.2 Å². The zero-order valence-corrected chi connectivity index (χ0v) is 13.3. The number of halogens is 2. The fourth-order valence-corrected chi connectivity index (χ4v) is 3.62. The van der Waals surface area contributed by atoms with Crippen LogP contribution in [0.4, 0.5) is 8.78 Å². The summed E-state index contributed by atoms with van der Waals surface area (Å²) in [6.07, 6.45) is 5.09. The van der Waals surface area contributed by atoms with Gasteiger partial charge >= 0.3 is 0 Å². The Morgan fingerprint density at radius 2 is 1.76 bits per heavy atom. The van der Waals surface area contributed by atoms with Gasteiger partial charge < -0.3 is 10.2 Å². The minimum Gasteiger partial charge on any atom is -0.308 e. The van der Waals surface area contributed by atoms with Crippen LogP contribution in [-0.4, -0.2) is 31.1 Å². The molecule has 1 N–H and O–H groups in total. The molecule has 1 atom stereocenters. The molecule has 1 aromatic rings. The molecule has 118 valence electrons. The predicted octanol–water partition coefficient (Wildman–Crippen LogP) is 3.88. The highest BCUT2D eigenvalue weighted by Crippen LogP contribution is 2.44. The normalized spacial score (nSPS) is 19.1. The number of rotatable bonds is 6. The maximum Gasteiger partial charge on any atom is 0.130 e. The summed E-state index contributed by atoms with van der Waals surface area (Å²) >= 11 is 0. The van der Waals surface area contributed by atoms with Gasteiger partial charge in [0, 0.05) is 11.1 Å². The van der Waals surface area contributed by atoms with Crippen molar-refractivity contribution in [1.29, 1.82) is 0 Å². The molecular weight excluding hydrogens is 270 g/mol. The Morgan fingerprint density at radius 1 is 1.19 bits per heavy atom. The number of hydrogen-bond acceptors (Lipinski definition) is 2. The van der Waals surface area contributed by atoms with E-state index in [1.54, 1.807) is 0 Å². The number of benzene rings is 1. The minimum atomic E-state index is -0.447. The summed E-state index contributed by atoms with van der Waals surface area (Å²) in [6.45, 7) is 2.83. The van der Waals surface area contributed by atoms with E-state index >= 15 is 0 Å². The Hall–Kier alpha value is -1.00. The monoisotopic (exact) mass is 296 g/mol. The van der Waals surface area contributed by atoms with Gasteiger partial charge in [0.05, 0.1) is 6.04 Å². The zero-order chi connectivity index (χ0) is 15.5. The van der Waals surface area contributed by atoms with Crippen molar-refractivity contribution >= 4 is 0 Å². The lowest BCUT2D eigenvalue weighted by molar-refractivity contribution is 0.101. The van der Waals surface area contributed by atoms with Crippen LogP contribution in [0, 0.1) is 11.6 Å². The predicted molar refractivity (Wildman–Crippen MR) is 82.3 cm³/mol. The SMILES string of the molecule is CCCNC(c1c(F)cccc1F)C1(N(C)C)CCCC1. The summed E-state index contributed by atoms with van der Waals surface area (Å²) in [6, 6.07) is 3.84. The van der Waals surface area contributed by atoms with Crippen molar-refractivity contribution in [3.8, 4) is 0 Å². The molecule has 0 heterocycles. The lowest BCUT2D eigenvalue weighted by Gasteiger charge is -2.44. The van der Waals surface area contributed by atoms with E-state index in [1.165, 1.54) is 18.2 Å². The Kier molecular flexibility index (Phi) is 5.33. The third kappa shape index (κ3) is 3.11. The molecule has 1 fully saturated rings. The molecule has 2 rings (SSSR count). The third-order valence-corrected chi connectivity index (χ3v) is 4.78. The number of hydrogen-bond donors (Lipinski definition) is 1. The van der Waals surface area contributed by atoms with Crippen LogP contribution in [0.3, 0.4) is 0 Å². The quantitative estimate of drug-likeness (QED) is 0.857. The van der Waals surface area contributed by atoms with E-state index in [-0.39, 0.29) is 17.1 Å². The standard InChI is InChI=1S/C17H26F2N2/c1-4-12-20-16(15-13(18)8-7-9-14(15)19)17(21(2)3)10-5-6-11-17/h7-9,16,20H,4-6,10-12H2,1-3H3. The first-order valence-electron chi connectivity index (χ1n) is 7.87. The lowest BCUT2D eigenvalue weighted by atomic mass is 9.82. The van der Waals surface area contributed by atoms with Gasteiger partial charge in [0.25, 0.3) is 0 Å². The van der Waals surface area contributed by atoms with Crippen LogP contribution in [0.5, 0.6) is 0 Å². The van der Waals surface area contributed by atoms with Gasteiger partial charge in [0.15, 0.2) is 0 Å². The highest BCUT2D eigenvalue weighted by atomic mass is 19.1. The largest absolute Gasteiger partial charge is 0.308 e. The van der Waals surface area contributed by atoms with Crippen LogP contribution in [0.2, 0.25) is 0 Å². The first-order chi connectivity index (χ1) is 10.0. The van der Waals surface area contributed by atoms with Crippen LogP contribution in [-0.2, 0) is 0 Å². The Bertz CT molecular complexity index is 448. The topological polar surface area (TPSA) is 15.3 Å². The van der Waals surface area contributed by atoms with Crippen LogP contribution in [0.1, 0.15) is 50.6 Å². The molecule has 0 spiro atoms. The van der Waals surface area contributed by atoms with Crippen molar-refractivity contribution in [2.75, 3.05) is 20.6 Å². The molecule has 1 aliphatic carbocycles. The maximum atomic E-state index is 14.3. The highest BCUT2D eigenvalue weighted by Gasteiger charge is 2.45. The summed E-state index contributed by atoms with van der Waals surface area (Å²) in [7, 11) is 4.04. The average Bonchev–Trinajstić information content (AvgIpc) is 2.92. The molecule has 0 radical (unpaired) electrons. The van der Waals surface area contributed by atoms with E-state index in [0.717, 1.165) is 38.6 Å². The molecule has 0 saturated heterocycles. The fourth-order valence-electron chi connectivity index (χ4n) is 3.62. The molecule has 1 unspecified atom stereocenters. The second-order valence-corrected chi connectivity index (χ2v) is 6.23. The summed E-state index contributed by atoms with van der Waals surface area (Å²) in [4.78, 5) is 2.15. The maximum absolute atomic E-state index is 14.3. The Morgan fingerprint density at radius 3 is 2.24 bits per heavy atom. The molecule has 2 nitrogen and oxygen atoms in total. The minimum absolute atomic E-state index is 0.196. The van der Waals surface area contributed by atoms with Crippen molar-refractivity contribution in [2.24, 2.45) is 0 Å². The summed E-state index contributed by atoms with van der Waals surface area (Å²) < 4.78 is 28.6. The first-order valence-corrected chi connectivity index (χ1v) is 7.87. The van der Waals surface area contributed by atoms with Crippen molar-refractivity contribution in [1.82, 2.24) is 10.2 Å². The number of nitrogens with zero attached hydrogens (tertiary/aromatic N) is 1. The molecule has 0 aromatic heterocycles. The second kappa shape index (κ2) is 6.84. The lowest BCUT2D eigenvalue weighted by Crippen LogP contribution is -2.52. The van der Waals surface area contributed by atoms with Gasteiger partial charge in [-0.15, -0.1) is 0 Å². The van der Waals surface area contributed by atoms with Gasteiger partial charge in [-0.2, -0.15) is 0 Å². The summed E-state index contributed by atoms with van der Waals surface area (Å²) in [5, 5.41) is 3.41. The molecule has 0 amide bonds. The van der Waals surface area contributed by atoms with Crippen molar-refractivity contribution in [3.05, 3.63) is 35.4 Å². The number of nitrogens with one attached hydrogen (secondary N) is 1. The molecule has 0 bridgehead atoms. The van der Waals surface area contributed by atoms with Crippen molar-refractivity contribution in [3.63, 3.8) is 0 Å². The summed E-state index contributed by atoms with van der Waals surface area (Å²) in [5.41, 5.74) is -0.0142. The van der Waals surface area contributed by atoms with Gasteiger partial charge in [-0.3, -0.25) is 0 Å². The van der Waals surface area contributed by atoms with E-state index in [2.05, 4.69) is 17.1 Å². The van der Waals surface area contributed by atoms with E-state index in [1.807, 2.05) is 14.1 Å². The molecule has 1 aromatic carbocycles. The molecule has 21 heavy (non-hydrogen) atoms. The summed E-state index contributed by atoms with van der Waals surface area (Å²) in [5.74, 6) is -0.895. The van der Waals surface area contributed by atoms with Gasteiger partial charge in [-0.25, -0.2) is 8.78 Å². The molecule has 1 saturated carbocycles. The van der Waals surface area contributed by atoms with E-state index in [0.29, 0.717) is 0 Å². The van der Waals surface area contributed by atoms with Gasteiger partial charge in [-0.1, -0.05) is 25.8 Å². The van der Waals surface area contributed by atoms with Crippen molar-refractivity contribution in [2.45, 2.75) is 50.6 Å². The van der Waals surface area contributed by atoms with Crippen LogP contribution in [0.25, 0.3) is 0 Å². The van der Waals surface area contributed by atoms with E-state index < -0.39 is 11.6 Å². The van der Waals surface area contributed by atoms with Gasteiger partial charge in [0.2, 0.25) is 0 Å². The van der Waals surface area contributed by atoms with Crippen LogP contribution < -0.4 is 5.32 Å². The smallest absolute Gasteiger partial charge is 0.130 e. The second-order valence-electron chi connectivity index (χ2n) is 6.23. The molecule has 0 aliphatic heterocycles. The highest BCUT2D eigenvalue weighted by molar-refractivity contribution is 5.28. The van der Waals surface area contributed by atoms with Gasteiger partial charge in [-0.05, 0) is 52.0 Å². The Balaban J connectivity index is 2.47. The van der Waals surface area contributed by atoms with E-state index in [4.69, 9.17) is 0 Å². The zero-order valence-electron chi connectivity index (χ0n) is 13.3. The average molecular weight is 296 g/mol.